The predicted molar refractivity (Wildman–Crippen MR) is 86.5 cm³/mol. The fourth-order valence-electron chi connectivity index (χ4n) is 1.70. The summed E-state index contributed by atoms with van der Waals surface area (Å²) in [5.41, 5.74) is 0.992. The molecular formula is C15H20ClNO3S. The van der Waals surface area contributed by atoms with E-state index in [1.165, 1.54) is 18.9 Å². The molecular weight excluding hydrogens is 310 g/mol. The first-order valence-corrected chi connectivity index (χ1v) is 8.02. The first-order chi connectivity index (χ1) is 9.92. The minimum absolute atomic E-state index is 0.0247. The summed E-state index contributed by atoms with van der Waals surface area (Å²) in [6.07, 6.45) is 0.312. The molecule has 6 heteroatoms. The average molecular weight is 330 g/mol. The molecule has 0 N–H and O–H groups in total. The molecule has 1 aromatic rings. The number of esters is 1. The molecule has 0 spiro atoms. The quantitative estimate of drug-likeness (QED) is 0.721. The van der Waals surface area contributed by atoms with E-state index in [1.807, 2.05) is 25.1 Å². The number of halogens is 1. The lowest BCUT2D eigenvalue weighted by Crippen LogP contribution is -2.28. The molecule has 1 aromatic carbocycles. The molecule has 0 fully saturated rings. The van der Waals surface area contributed by atoms with Gasteiger partial charge in [-0.15, -0.1) is 11.8 Å². The molecule has 0 saturated heterocycles. The van der Waals surface area contributed by atoms with Crippen LogP contribution < -0.4 is 0 Å². The van der Waals surface area contributed by atoms with Crippen molar-refractivity contribution in [3.05, 3.63) is 34.9 Å². The van der Waals surface area contributed by atoms with Gasteiger partial charge in [-0.05, 0) is 17.7 Å². The van der Waals surface area contributed by atoms with E-state index in [9.17, 15) is 9.59 Å². The molecule has 0 radical (unpaired) electrons. The molecule has 0 heterocycles. The zero-order chi connectivity index (χ0) is 15.8. The van der Waals surface area contributed by atoms with E-state index in [2.05, 4.69) is 4.74 Å². The van der Waals surface area contributed by atoms with Gasteiger partial charge >= 0.3 is 5.97 Å². The fourth-order valence-corrected chi connectivity index (χ4v) is 2.81. The van der Waals surface area contributed by atoms with Gasteiger partial charge in [0, 0.05) is 23.9 Å². The van der Waals surface area contributed by atoms with Crippen LogP contribution in [0.2, 0.25) is 5.02 Å². The second-order valence-electron chi connectivity index (χ2n) is 4.78. The van der Waals surface area contributed by atoms with E-state index >= 15 is 0 Å². The van der Waals surface area contributed by atoms with Crippen LogP contribution in [0.4, 0.5) is 0 Å². The molecule has 1 rings (SSSR count). The number of amides is 1. The summed E-state index contributed by atoms with van der Waals surface area (Å²) < 4.78 is 4.61. The molecule has 1 unspecified atom stereocenters. The van der Waals surface area contributed by atoms with Gasteiger partial charge in [-0.2, -0.15) is 0 Å². The Morgan fingerprint density at radius 2 is 2.14 bits per heavy atom. The fraction of sp³-hybridized carbons (Fsp3) is 0.467. The molecule has 1 amide bonds. The summed E-state index contributed by atoms with van der Waals surface area (Å²) in [6.45, 7) is 2.43. The third-order valence-corrected chi connectivity index (χ3v) is 4.29. The van der Waals surface area contributed by atoms with Crippen molar-refractivity contribution >= 4 is 35.2 Å². The Morgan fingerprint density at radius 1 is 1.43 bits per heavy atom. The van der Waals surface area contributed by atoms with Crippen molar-refractivity contribution in [2.75, 3.05) is 19.9 Å². The first-order valence-electron chi connectivity index (χ1n) is 6.59. The van der Waals surface area contributed by atoms with Crippen LogP contribution in [0.25, 0.3) is 0 Å². The third kappa shape index (κ3) is 6.87. The minimum Gasteiger partial charge on any atom is -0.469 e. The van der Waals surface area contributed by atoms with Gasteiger partial charge in [0.05, 0.1) is 19.3 Å². The highest BCUT2D eigenvalue weighted by atomic mass is 35.5. The van der Waals surface area contributed by atoms with E-state index < -0.39 is 0 Å². The summed E-state index contributed by atoms with van der Waals surface area (Å²) in [5.74, 6) is 0.112. The third-order valence-electron chi connectivity index (χ3n) is 2.91. The predicted octanol–water partition coefficient (Wildman–Crippen LogP) is 2.98. The van der Waals surface area contributed by atoms with E-state index in [0.717, 1.165) is 5.56 Å². The van der Waals surface area contributed by atoms with Crippen LogP contribution in [0.1, 0.15) is 18.9 Å². The number of methoxy groups -OCH3 is 1. The summed E-state index contributed by atoms with van der Waals surface area (Å²) >= 11 is 7.37. The summed E-state index contributed by atoms with van der Waals surface area (Å²) in [6, 6.07) is 7.45. The number of thioether (sulfide) groups is 1. The lowest BCUT2D eigenvalue weighted by Gasteiger charge is -2.18. The smallest absolute Gasteiger partial charge is 0.306 e. The molecule has 0 aliphatic carbocycles. The molecule has 1 atom stereocenters. The van der Waals surface area contributed by atoms with Crippen LogP contribution in [0.3, 0.4) is 0 Å². The highest BCUT2D eigenvalue weighted by Gasteiger charge is 2.14. The van der Waals surface area contributed by atoms with E-state index in [0.29, 0.717) is 23.7 Å². The monoisotopic (exact) mass is 329 g/mol. The van der Waals surface area contributed by atoms with Crippen molar-refractivity contribution in [1.29, 1.82) is 0 Å². The SMILES string of the molecule is COC(=O)CC(C)SCC(=O)N(C)Cc1cccc(Cl)c1. The first kappa shape index (κ1) is 17.9. The van der Waals surface area contributed by atoms with Crippen molar-refractivity contribution in [1.82, 2.24) is 4.90 Å². The Bertz CT molecular complexity index is 496. The Balaban J connectivity index is 2.39. The number of nitrogens with zero attached hydrogens (tertiary/aromatic N) is 1. The van der Waals surface area contributed by atoms with E-state index in [4.69, 9.17) is 11.6 Å². The van der Waals surface area contributed by atoms with Crippen molar-refractivity contribution in [2.24, 2.45) is 0 Å². The minimum atomic E-state index is -0.255. The number of ether oxygens (including phenoxy) is 1. The summed E-state index contributed by atoms with van der Waals surface area (Å²) in [7, 11) is 3.12. The normalized spacial score (nSPS) is 11.8. The average Bonchev–Trinajstić information content (AvgIpc) is 2.44. The van der Waals surface area contributed by atoms with Crippen molar-refractivity contribution < 1.29 is 14.3 Å². The van der Waals surface area contributed by atoms with Gasteiger partial charge in [0.1, 0.15) is 0 Å². The van der Waals surface area contributed by atoms with Gasteiger partial charge in [0.2, 0.25) is 5.91 Å². The van der Waals surface area contributed by atoms with E-state index in [1.54, 1.807) is 18.0 Å². The number of carbonyl (C=O) groups is 2. The highest BCUT2D eigenvalue weighted by Crippen LogP contribution is 2.16. The van der Waals surface area contributed by atoms with Crippen molar-refractivity contribution in [3.63, 3.8) is 0 Å². The summed E-state index contributed by atoms with van der Waals surface area (Å²) in [4.78, 5) is 24.8. The maximum atomic E-state index is 12.0. The maximum Gasteiger partial charge on any atom is 0.306 e. The topological polar surface area (TPSA) is 46.6 Å². The van der Waals surface area contributed by atoms with Gasteiger partial charge in [-0.1, -0.05) is 30.7 Å². The molecule has 0 aliphatic heterocycles. The second-order valence-corrected chi connectivity index (χ2v) is 6.64. The van der Waals surface area contributed by atoms with Crippen LogP contribution >= 0.6 is 23.4 Å². The molecule has 4 nitrogen and oxygen atoms in total. The zero-order valence-electron chi connectivity index (χ0n) is 12.5. The van der Waals surface area contributed by atoms with Crippen LogP contribution in [-0.4, -0.2) is 41.9 Å². The second kappa shape index (κ2) is 8.95. The Kier molecular flexibility index (Phi) is 7.61. The van der Waals surface area contributed by atoms with Crippen molar-refractivity contribution in [2.45, 2.75) is 25.1 Å². The maximum absolute atomic E-state index is 12.0. The van der Waals surface area contributed by atoms with E-state index in [-0.39, 0.29) is 17.1 Å². The molecule has 21 heavy (non-hydrogen) atoms. The molecule has 0 saturated carbocycles. The molecule has 0 aromatic heterocycles. The zero-order valence-corrected chi connectivity index (χ0v) is 14.0. The van der Waals surface area contributed by atoms with Gasteiger partial charge < -0.3 is 9.64 Å². The van der Waals surface area contributed by atoms with Gasteiger partial charge in [0.25, 0.3) is 0 Å². The number of benzene rings is 1. The summed E-state index contributed by atoms with van der Waals surface area (Å²) in [5, 5.41) is 0.718. The largest absolute Gasteiger partial charge is 0.469 e. The lowest BCUT2D eigenvalue weighted by molar-refractivity contribution is -0.140. The number of carbonyl (C=O) groups excluding carboxylic acids is 2. The van der Waals surface area contributed by atoms with Crippen LogP contribution in [0.15, 0.2) is 24.3 Å². The number of rotatable bonds is 7. The van der Waals surface area contributed by atoms with Gasteiger partial charge in [-0.3, -0.25) is 9.59 Å². The Hall–Kier alpha value is -1.20. The molecule has 116 valence electrons. The Labute approximate surface area is 134 Å². The van der Waals surface area contributed by atoms with Gasteiger partial charge in [-0.25, -0.2) is 0 Å². The van der Waals surface area contributed by atoms with Crippen LogP contribution in [0.5, 0.6) is 0 Å². The molecule has 0 bridgehead atoms. The standard InChI is InChI=1S/C15H20ClNO3S/c1-11(7-15(19)20-3)21-10-14(18)17(2)9-12-5-4-6-13(16)8-12/h4-6,8,11H,7,9-10H2,1-3H3. The number of hydrogen-bond acceptors (Lipinski definition) is 4. The highest BCUT2D eigenvalue weighted by molar-refractivity contribution is 8.00. The van der Waals surface area contributed by atoms with Gasteiger partial charge in [0.15, 0.2) is 0 Å². The Morgan fingerprint density at radius 3 is 2.76 bits per heavy atom. The lowest BCUT2D eigenvalue weighted by atomic mass is 10.2. The molecule has 0 aliphatic rings. The van der Waals surface area contributed by atoms with Crippen LogP contribution in [-0.2, 0) is 20.9 Å². The number of hydrogen-bond donors (Lipinski definition) is 0. The van der Waals surface area contributed by atoms with Crippen LogP contribution in [0, 0.1) is 0 Å². The van der Waals surface area contributed by atoms with Crippen molar-refractivity contribution in [3.8, 4) is 0 Å².